The number of nitrogens with one attached hydrogen (secondary N) is 2. The van der Waals surface area contributed by atoms with Gasteiger partial charge in [-0.05, 0) is 36.1 Å². The fraction of sp³-hybridized carbons (Fsp3) is 0.556. The Labute approximate surface area is 314 Å². The number of rotatable bonds is 22. The summed E-state index contributed by atoms with van der Waals surface area (Å²) in [6, 6.07) is 7.36. The summed E-state index contributed by atoms with van der Waals surface area (Å²) in [7, 11) is 0. The van der Waals surface area contributed by atoms with Crippen LogP contribution >= 0.6 is 11.8 Å². The minimum Gasteiger partial charge on any atom is -0.481 e. The monoisotopic (exact) mass is 755 g/mol. The summed E-state index contributed by atoms with van der Waals surface area (Å²) in [6.07, 6.45) is 5.14. The maximum Gasteiger partial charge on any atom is 0.321 e. The van der Waals surface area contributed by atoms with E-state index >= 15 is 0 Å². The Hall–Kier alpha value is -4.45. The van der Waals surface area contributed by atoms with Gasteiger partial charge in [-0.3, -0.25) is 24.1 Å². The zero-order chi connectivity index (χ0) is 38.3. The summed E-state index contributed by atoms with van der Waals surface area (Å²) in [5, 5.41) is 23.1. The van der Waals surface area contributed by atoms with Crippen molar-refractivity contribution in [1.29, 1.82) is 0 Å². The molecule has 4 rings (SSSR count). The topological polar surface area (TPSA) is 231 Å². The number of amides is 2. The van der Waals surface area contributed by atoms with E-state index < -0.39 is 35.6 Å². The molecule has 1 aromatic carbocycles. The van der Waals surface area contributed by atoms with Gasteiger partial charge in [0.1, 0.15) is 11.6 Å². The molecule has 2 amide bonds. The van der Waals surface area contributed by atoms with E-state index in [-0.39, 0.29) is 43.8 Å². The zero-order valence-corrected chi connectivity index (χ0v) is 31.4. The number of carboxylic acid groups (broad SMARTS) is 2. The summed E-state index contributed by atoms with van der Waals surface area (Å²) >= 11 is 0.885. The first-order chi connectivity index (χ1) is 25.4. The Kier molecular flexibility index (Phi) is 16.1. The molecule has 0 bridgehead atoms. The highest BCUT2D eigenvalue weighted by Crippen LogP contribution is 2.25. The maximum absolute atomic E-state index is 12.8. The number of nitrogens with zero attached hydrogens (tertiary/aromatic N) is 5. The quantitative estimate of drug-likeness (QED) is 0.0808. The molecule has 1 saturated heterocycles. The molecule has 290 valence electrons. The van der Waals surface area contributed by atoms with Crippen LogP contribution in [-0.2, 0) is 37.0 Å². The first kappa shape index (κ1) is 41.3. The summed E-state index contributed by atoms with van der Waals surface area (Å²) in [5.74, 6) is -2.01. The molecule has 8 N–H and O–H groups in total. The second-order valence-electron chi connectivity index (χ2n) is 13.2. The van der Waals surface area contributed by atoms with E-state index in [0.29, 0.717) is 19.6 Å². The first-order valence-electron chi connectivity index (χ1n) is 18.1. The number of carbonyl (C=O) groups is 4. The van der Waals surface area contributed by atoms with Gasteiger partial charge in [0, 0.05) is 64.3 Å². The number of nitrogens with two attached hydrogens (primary N) is 2. The Bertz CT molecular complexity index is 1700. The van der Waals surface area contributed by atoms with Gasteiger partial charge < -0.3 is 46.5 Å². The van der Waals surface area contributed by atoms with Gasteiger partial charge in [0.25, 0.3) is 0 Å². The van der Waals surface area contributed by atoms with Crippen molar-refractivity contribution in [1.82, 2.24) is 29.7 Å². The molecule has 16 nitrogen and oxygen atoms in total. The minimum absolute atomic E-state index is 0.00603. The van der Waals surface area contributed by atoms with E-state index in [9.17, 15) is 19.2 Å². The Morgan fingerprint density at radius 3 is 2.49 bits per heavy atom. The number of aliphatic carboxylic acids is 2. The third-order valence-corrected chi connectivity index (χ3v) is 10.4. The second kappa shape index (κ2) is 20.7. The number of ether oxygens (including phenoxy) is 1. The molecule has 1 aliphatic heterocycles. The van der Waals surface area contributed by atoms with Crippen LogP contribution in [0, 0.1) is 6.92 Å². The molecule has 0 radical (unpaired) electrons. The average Bonchev–Trinajstić information content (AvgIpc) is 3.52. The lowest BCUT2D eigenvalue weighted by Crippen LogP contribution is -2.48. The number of hydrogen-bond donors (Lipinski definition) is 6. The van der Waals surface area contributed by atoms with E-state index in [1.165, 1.54) is 16.7 Å². The predicted molar refractivity (Wildman–Crippen MR) is 205 cm³/mol. The number of aryl methyl sites for hydroxylation is 1. The molecule has 1 aliphatic rings. The molecule has 3 aromatic rings. The van der Waals surface area contributed by atoms with Crippen molar-refractivity contribution < 1.29 is 34.1 Å². The first-order valence-corrected chi connectivity index (χ1v) is 19.1. The molecule has 0 spiro atoms. The fourth-order valence-corrected chi connectivity index (χ4v) is 7.13. The summed E-state index contributed by atoms with van der Waals surface area (Å²) in [5.41, 5.74) is 16.9. The highest BCUT2D eigenvalue weighted by atomic mass is 32.2. The lowest BCUT2D eigenvalue weighted by molar-refractivity contribution is -0.138. The van der Waals surface area contributed by atoms with E-state index in [2.05, 4.69) is 62.1 Å². The molecule has 2 atom stereocenters. The fourth-order valence-electron chi connectivity index (χ4n) is 6.05. The third kappa shape index (κ3) is 12.9. The summed E-state index contributed by atoms with van der Waals surface area (Å²) in [6.45, 7) is 9.86. The van der Waals surface area contributed by atoms with Crippen molar-refractivity contribution in [3.63, 3.8) is 0 Å². The maximum atomic E-state index is 12.8. The number of hydrogen-bond acceptors (Lipinski definition) is 12. The van der Waals surface area contributed by atoms with Gasteiger partial charge in [0.15, 0.2) is 5.82 Å². The predicted octanol–water partition coefficient (Wildman–Crippen LogP) is 2.13. The van der Waals surface area contributed by atoms with Gasteiger partial charge in [-0.15, -0.1) is 11.8 Å². The van der Waals surface area contributed by atoms with Gasteiger partial charge in [0.2, 0.25) is 17.8 Å². The minimum atomic E-state index is -1.23. The van der Waals surface area contributed by atoms with Crippen molar-refractivity contribution in [2.45, 2.75) is 70.3 Å². The van der Waals surface area contributed by atoms with Crippen LogP contribution in [0.25, 0.3) is 11.0 Å². The molecule has 1 fully saturated rings. The number of anilines is 2. The Morgan fingerprint density at radius 1 is 1.02 bits per heavy atom. The van der Waals surface area contributed by atoms with Crippen LogP contribution in [0.4, 0.5) is 11.8 Å². The van der Waals surface area contributed by atoms with E-state index in [4.69, 9.17) is 26.4 Å². The van der Waals surface area contributed by atoms with Crippen LogP contribution in [0.5, 0.6) is 0 Å². The number of unbranched alkanes of at least 4 members (excludes halogenated alkanes) is 2. The van der Waals surface area contributed by atoms with Crippen LogP contribution in [-0.4, -0.2) is 128 Å². The molecular formula is C36H53N9O7S. The van der Waals surface area contributed by atoms with Crippen molar-refractivity contribution in [2.24, 2.45) is 5.73 Å². The van der Waals surface area contributed by atoms with Crippen LogP contribution in [0.15, 0.2) is 30.5 Å². The molecule has 0 aliphatic carbocycles. The lowest BCUT2D eigenvalue weighted by atomic mass is 10.0. The molecule has 1 unspecified atom stereocenters. The van der Waals surface area contributed by atoms with Crippen LogP contribution in [0.3, 0.4) is 0 Å². The Balaban J connectivity index is 1.17. The van der Waals surface area contributed by atoms with Crippen molar-refractivity contribution >= 4 is 58.3 Å². The van der Waals surface area contributed by atoms with E-state index in [1.54, 1.807) is 0 Å². The normalized spacial score (nSPS) is 14.6. The Morgan fingerprint density at radius 2 is 1.79 bits per heavy atom. The summed E-state index contributed by atoms with van der Waals surface area (Å²) < 4.78 is 7.71. The van der Waals surface area contributed by atoms with E-state index in [0.717, 1.165) is 74.1 Å². The number of carboxylic acids is 2. The van der Waals surface area contributed by atoms with Gasteiger partial charge in [-0.2, -0.15) is 4.98 Å². The number of benzene rings is 1. The average molecular weight is 756 g/mol. The standard InChI is InChI=1S/C36H53N9O7S/c1-3-4-5-10-39-33-32-28(41-36(38)42-33)8-12-45(32)22-26-7-6-25(19-24(26)2)21-43-13-15-44(16-14-43)30(46)9-17-52-18-11-40-34(49)29(20-31(47)48)53-23-27(37)35(50)51/h6-8,12,19,27,29H,3-5,9-11,13-18,20-23,37H2,1-2H3,(H,40,49)(H,47,48)(H,50,51)(H3,38,39,41,42)/t27-,29?/m0/s1. The zero-order valence-electron chi connectivity index (χ0n) is 30.6. The highest BCUT2D eigenvalue weighted by molar-refractivity contribution is 8.00. The number of thioether (sulfide) groups is 1. The SMILES string of the molecule is CCCCCNc1nc(N)nc2ccn(Cc3ccc(CN4CCN(C(=O)CCOCCNC(=O)C(CC(=O)O)SC[C@H](N)C(=O)O)CC4)cc3C)c12. The smallest absolute Gasteiger partial charge is 0.321 e. The van der Waals surface area contributed by atoms with Gasteiger partial charge in [-0.1, -0.05) is 38.0 Å². The van der Waals surface area contributed by atoms with Crippen molar-refractivity contribution in [3.05, 3.63) is 47.2 Å². The lowest BCUT2D eigenvalue weighted by Gasteiger charge is -2.35. The molecule has 3 heterocycles. The summed E-state index contributed by atoms with van der Waals surface area (Å²) in [4.78, 5) is 60.4. The molecule has 17 heteroatoms. The second-order valence-corrected chi connectivity index (χ2v) is 14.4. The number of nitrogen functional groups attached to an aromatic ring is 1. The number of carbonyl (C=O) groups excluding carboxylic acids is 2. The third-order valence-electron chi connectivity index (χ3n) is 9.03. The number of piperazine rings is 1. The molecule has 2 aromatic heterocycles. The molecular weight excluding hydrogens is 703 g/mol. The highest BCUT2D eigenvalue weighted by Gasteiger charge is 2.25. The molecule has 0 saturated carbocycles. The molecule has 53 heavy (non-hydrogen) atoms. The van der Waals surface area contributed by atoms with Crippen LogP contribution in [0.2, 0.25) is 0 Å². The van der Waals surface area contributed by atoms with Crippen LogP contribution < -0.4 is 22.1 Å². The van der Waals surface area contributed by atoms with Gasteiger partial charge in [0.05, 0.1) is 36.8 Å². The number of fused-ring (bicyclic) bond motifs is 1. The van der Waals surface area contributed by atoms with Crippen molar-refractivity contribution in [3.8, 4) is 0 Å². The number of aromatic nitrogens is 3. The van der Waals surface area contributed by atoms with Crippen molar-refractivity contribution in [2.75, 3.05) is 69.3 Å². The van der Waals surface area contributed by atoms with E-state index in [1.807, 2.05) is 17.2 Å². The van der Waals surface area contributed by atoms with Gasteiger partial charge in [-0.25, -0.2) is 4.98 Å². The van der Waals surface area contributed by atoms with Gasteiger partial charge >= 0.3 is 11.9 Å². The van der Waals surface area contributed by atoms with Crippen LogP contribution in [0.1, 0.15) is 55.7 Å². The largest absolute Gasteiger partial charge is 0.481 e.